The van der Waals surface area contributed by atoms with Crippen LogP contribution in [0.25, 0.3) is 11.1 Å². The zero-order valence-corrected chi connectivity index (χ0v) is 9.39. The second kappa shape index (κ2) is 5.31. The Labute approximate surface area is 95.9 Å². The smallest absolute Gasteiger partial charge is 0.119 e. The SMILES string of the molecule is CCCOc1cccc(-c2ccncc2)c1. The molecule has 82 valence electrons. The summed E-state index contributed by atoms with van der Waals surface area (Å²) in [5.41, 5.74) is 2.33. The van der Waals surface area contributed by atoms with E-state index in [4.69, 9.17) is 4.74 Å². The van der Waals surface area contributed by atoms with Crippen molar-refractivity contribution in [1.29, 1.82) is 0 Å². The average Bonchev–Trinajstić information content (AvgIpc) is 2.38. The van der Waals surface area contributed by atoms with E-state index in [-0.39, 0.29) is 0 Å². The highest BCUT2D eigenvalue weighted by atomic mass is 16.5. The first-order valence-corrected chi connectivity index (χ1v) is 5.53. The monoisotopic (exact) mass is 213 g/mol. The summed E-state index contributed by atoms with van der Waals surface area (Å²) in [6.07, 6.45) is 4.63. The van der Waals surface area contributed by atoms with Crippen molar-refractivity contribution in [2.24, 2.45) is 0 Å². The van der Waals surface area contributed by atoms with E-state index in [1.165, 1.54) is 0 Å². The van der Waals surface area contributed by atoms with Crippen LogP contribution >= 0.6 is 0 Å². The second-order valence-corrected chi connectivity index (χ2v) is 3.61. The summed E-state index contributed by atoms with van der Waals surface area (Å²) in [5.74, 6) is 0.927. The minimum Gasteiger partial charge on any atom is -0.494 e. The van der Waals surface area contributed by atoms with E-state index < -0.39 is 0 Å². The second-order valence-electron chi connectivity index (χ2n) is 3.61. The van der Waals surface area contributed by atoms with Crippen molar-refractivity contribution in [2.45, 2.75) is 13.3 Å². The summed E-state index contributed by atoms with van der Waals surface area (Å²) >= 11 is 0. The maximum Gasteiger partial charge on any atom is 0.119 e. The molecule has 0 aliphatic rings. The van der Waals surface area contributed by atoms with Crippen molar-refractivity contribution in [3.8, 4) is 16.9 Å². The van der Waals surface area contributed by atoms with Gasteiger partial charge in [0, 0.05) is 12.4 Å². The van der Waals surface area contributed by atoms with E-state index in [9.17, 15) is 0 Å². The highest BCUT2D eigenvalue weighted by molar-refractivity contribution is 5.64. The third kappa shape index (κ3) is 2.60. The predicted octanol–water partition coefficient (Wildman–Crippen LogP) is 3.54. The fourth-order valence-corrected chi connectivity index (χ4v) is 1.53. The lowest BCUT2D eigenvalue weighted by molar-refractivity contribution is 0.317. The van der Waals surface area contributed by atoms with Crippen molar-refractivity contribution >= 4 is 0 Å². The lowest BCUT2D eigenvalue weighted by Crippen LogP contribution is -1.94. The largest absolute Gasteiger partial charge is 0.494 e. The van der Waals surface area contributed by atoms with E-state index in [0.29, 0.717) is 0 Å². The summed E-state index contributed by atoms with van der Waals surface area (Å²) in [6, 6.07) is 12.1. The zero-order chi connectivity index (χ0) is 11.2. The Bertz CT molecular complexity index is 439. The quantitative estimate of drug-likeness (QED) is 0.775. The minimum absolute atomic E-state index is 0.764. The third-order valence-corrected chi connectivity index (χ3v) is 2.32. The van der Waals surface area contributed by atoms with Crippen molar-refractivity contribution in [1.82, 2.24) is 4.98 Å². The topological polar surface area (TPSA) is 22.1 Å². The molecule has 0 fully saturated rings. The van der Waals surface area contributed by atoms with Crippen LogP contribution in [0, 0.1) is 0 Å². The molecule has 2 rings (SSSR count). The Kier molecular flexibility index (Phi) is 3.54. The molecule has 0 atom stereocenters. The number of pyridine rings is 1. The van der Waals surface area contributed by atoms with Gasteiger partial charge in [-0.25, -0.2) is 0 Å². The van der Waals surface area contributed by atoms with E-state index in [1.54, 1.807) is 12.4 Å². The molecule has 2 heteroatoms. The Balaban J connectivity index is 2.22. The van der Waals surface area contributed by atoms with Crippen LogP contribution < -0.4 is 4.74 Å². The van der Waals surface area contributed by atoms with Gasteiger partial charge in [-0.2, -0.15) is 0 Å². The van der Waals surface area contributed by atoms with Gasteiger partial charge in [0.25, 0.3) is 0 Å². The van der Waals surface area contributed by atoms with Crippen LogP contribution in [0.4, 0.5) is 0 Å². The van der Waals surface area contributed by atoms with Crippen LogP contribution in [0.2, 0.25) is 0 Å². The van der Waals surface area contributed by atoms with Gasteiger partial charge in [-0.15, -0.1) is 0 Å². The molecule has 0 radical (unpaired) electrons. The molecular weight excluding hydrogens is 198 g/mol. The lowest BCUT2D eigenvalue weighted by Gasteiger charge is -2.06. The first kappa shape index (κ1) is 10.7. The summed E-state index contributed by atoms with van der Waals surface area (Å²) in [5, 5.41) is 0. The molecule has 0 saturated heterocycles. The van der Waals surface area contributed by atoms with E-state index in [1.807, 2.05) is 24.3 Å². The van der Waals surface area contributed by atoms with Crippen molar-refractivity contribution < 1.29 is 4.74 Å². The van der Waals surface area contributed by atoms with Crippen molar-refractivity contribution in [3.63, 3.8) is 0 Å². The minimum atomic E-state index is 0.764. The number of ether oxygens (including phenoxy) is 1. The van der Waals surface area contributed by atoms with Crippen LogP contribution in [0.1, 0.15) is 13.3 Å². The summed E-state index contributed by atoms with van der Waals surface area (Å²) < 4.78 is 5.60. The maximum atomic E-state index is 5.60. The van der Waals surface area contributed by atoms with Crippen LogP contribution in [0.15, 0.2) is 48.8 Å². The molecule has 0 saturated carbocycles. The normalized spacial score (nSPS) is 10.1. The molecule has 0 N–H and O–H groups in total. The third-order valence-electron chi connectivity index (χ3n) is 2.32. The van der Waals surface area contributed by atoms with Crippen molar-refractivity contribution in [3.05, 3.63) is 48.8 Å². The van der Waals surface area contributed by atoms with Crippen LogP contribution in [0.5, 0.6) is 5.75 Å². The number of aromatic nitrogens is 1. The van der Waals surface area contributed by atoms with Gasteiger partial charge in [-0.05, 0) is 41.8 Å². The van der Waals surface area contributed by atoms with Crippen LogP contribution in [-0.4, -0.2) is 11.6 Å². The Morgan fingerprint density at radius 1 is 1.06 bits per heavy atom. The Morgan fingerprint density at radius 2 is 1.88 bits per heavy atom. The standard InChI is InChI=1S/C14H15NO/c1-2-10-16-14-5-3-4-13(11-14)12-6-8-15-9-7-12/h3-9,11H,2,10H2,1H3. The molecule has 16 heavy (non-hydrogen) atoms. The number of hydrogen-bond acceptors (Lipinski definition) is 2. The Morgan fingerprint density at radius 3 is 2.62 bits per heavy atom. The molecule has 0 unspecified atom stereocenters. The molecule has 0 bridgehead atoms. The van der Waals surface area contributed by atoms with Crippen LogP contribution in [-0.2, 0) is 0 Å². The van der Waals surface area contributed by atoms with Gasteiger partial charge in [0.1, 0.15) is 5.75 Å². The predicted molar refractivity (Wildman–Crippen MR) is 65.5 cm³/mol. The number of nitrogens with zero attached hydrogens (tertiary/aromatic N) is 1. The highest BCUT2D eigenvalue weighted by Crippen LogP contribution is 2.23. The van der Waals surface area contributed by atoms with E-state index in [0.717, 1.165) is 29.9 Å². The van der Waals surface area contributed by atoms with Gasteiger partial charge in [0.2, 0.25) is 0 Å². The highest BCUT2D eigenvalue weighted by Gasteiger charge is 1.98. The molecule has 2 aromatic rings. The number of hydrogen-bond donors (Lipinski definition) is 0. The van der Waals surface area contributed by atoms with Crippen molar-refractivity contribution in [2.75, 3.05) is 6.61 Å². The summed E-state index contributed by atoms with van der Waals surface area (Å²) in [4.78, 5) is 4.01. The molecule has 1 aromatic heterocycles. The van der Waals surface area contributed by atoms with Crippen LogP contribution in [0.3, 0.4) is 0 Å². The van der Waals surface area contributed by atoms with Gasteiger partial charge in [0.05, 0.1) is 6.61 Å². The summed E-state index contributed by atoms with van der Waals surface area (Å²) in [7, 11) is 0. The molecular formula is C14H15NO. The van der Waals surface area contributed by atoms with E-state index >= 15 is 0 Å². The first-order chi connectivity index (χ1) is 7.90. The molecule has 0 spiro atoms. The average molecular weight is 213 g/mol. The fourth-order valence-electron chi connectivity index (χ4n) is 1.53. The van der Waals surface area contributed by atoms with Gasteiger partial charge >= 0.3 is 0 Å². The van der Waals surface area contributed by atoms with Gasteiger partial charge < -0.3 is 4.74 Å². The number of rotatable bonds is 4. The molecule has 0 aliphatic heterocycles. The maximum absolute atomic E-state index is 5.60. The first-order valence-electron chi connectivity index (χ1n) is 5.53. The summed E-state index contributed by atoms with van der Waals surface area (Å²) in [6.45, 7) is 2.87. The molecule has 1 aromatic carbocycles. The fraction of sp³-hybridized carbons (Fsp3) is 0.214. The van der Waals surface area contributed by atoms with Gasteiger partial charge in [-0.3, -0.25) is 4.98 Å². The molecule has 2 nitrogen and oxygen atoms in total. The number of benzene rings is 1. The zero-order valence-electron chi connectivity index (χ0n) is 9.39. The molecule has 1 heterocycles. The Hall–Kier alpha value is -1.83. The molecule has 0 amide bonds. The lowest BCUT2D eigenvalue weighted by atomic mass is 10.1. The van der Waals surface area contributed by atoms with E-state index in [2.05, 4.69) is 24.0 Å². The van der Waals surface area contributed by atoms with Gasteiger partial charge in [0.15, 0.2) is 0 Å². The molecule has 0 aliphatic carbocycles. The van der Waals surface area contributed by atoms with Gasteiger partial charge in [-0.1, -0.05) is 19.1 Å².